The van der Waals surface area contributed by atoms with Gasteiger partial charge in [-0.15, -0.1) is 11.3 Å². The summed E-state index contributed by atoms with van der Waals surface area (Å²) in [5, 5.41) is 3.75. The Bertz CT molecular complexity index is 3130. The zero-order valence-corrected chi connectivity index (χ0v) is 27.2. The van der Waals surface area contributed by atoms with Gasteiger partial charge in [0.25, 0.3) is 0 Å². The molecule has 0 bridgehead atoms. The van der Waals surface area contributed by atoms with Crippen molar-refractivity contribution in [2.75, 3.05) is 0 Å². The Morgan fingerprint density at radius 3 is 1.94 bits per heavy atom. The van der Waals surface area contributed by atoms with Crippen LogP contribution in [0.3, 0.4) is 0 Å². The minimum Gasteiger partial charge on any atom is -0.455 e. The molecule has 7 aromatic carbocycles. The number of fused-ring (bicyclic) bond motifs is 6. The van der Waals surface area contributed by atoms with Gasteiger partial charge in [-0.25, -0.2) is 15.0 Å². The summed E-state index contributed by atoms with van der Waals surface area (Å²) in [5.74, 6) is 1.59. The lowest BCUT2D eigenvalue weighted by Gasteiger charge is -2.10. The number of rotatable bonds is 5. The van der Waals surface area contributed by atoms with Crippen molar-refractivity contribution in [1.29, 1.82) is 0 Å². The molecule has 5 heteroatoms. The fourth-order valence-electron chi connectivity index (χ4n) is 6.74. The molecule has 0 radical (unpaired) electrons. The van der Waals surface area contributed by atoms with E-state index in [4.69, 9.17) is 26.2 Å². The molecule has 0 unspecified atom stereocenters. The van der Waals surface area contributed by atoms with Gasteiger partial charge in [-0.2, -0.15) is 0 Å². The molecule has 3 heterocycles. The van der Waals surface area contributed by atoms with Gasteiger partial charge in [-0.1, -0.05) is 139 Å². The standard InChI is InChI=1S/C45H27N3OS/c1-4-13-28(14-5-1)32-19-10-21-34-37-27-31(25-26-38(37)49-41(32)34)44-46-43(30-17-8-3-9-18-30)47-45(48-44)36-23-12-24-39-40(36)35-22-11-20-33(42(35)50-39)29-15-6-2-7-16-29/h1-27H/i1D,4D,5D,13D,14D. The second kappa shape index (κ2) is 11.6. The van der Waals surface area contributed by atoms with Crippen LogP contribution in [0.15, 0.2) is 168 Å². The van der Waals surface area contributed by atoms with Crippen molar-refractivity contribution in [3.63, 3.8) is 0 Å². The number of nitrogens with zero attached hydrogens (tertiary/aromatic N) is 3. The lowest BCUT2D eigenvalue weighted by Crippen LogP contribution is -2.00. The van der Waals surface area contributed by atoms with Crippen LogP contribution < -0.4 is 0 Å². The van der Waals surface area contributed by atoms with Crippen LogP contribution in [0.5, 0.6) is 0 Å². The summed E-state index contributed by atoms with van der Waals surface area (Å²) in [7, 11) is 0. The minimum atomic E-state index is -0.438. The molecule has 0 amide bonds. The molecule has 0 aliphatic rings. The summed E-state index contributed by atoms with van der Waals surface area (Å²) < 4.78 is 50.5. The van der Waals surface area contributed by atoms with E-state index in [9.17, 15) is 0 Å². The predicted molar refractivity (Wildman–Crippen MR) is 207 cm³/mol. The van der Waals surface area contributed by atoms with Gasteiger partial charge < -0.3 is 4.42 Å². The lowest BCUT2D eigenvalue weighted by atomic mass is 10.0. The van der Waals surface area contributed by atoms with Crippen LogP contribution in [-0.4, -0.2) is 15.0 Å². The molecule has 234 valence electrons. The molecule has 0 saturated carbocycles. The van der Waals surface area contributed by atoms with Crippen molar-refractivity contribution in [3.05, 3.63) is 164 Å². The van der Waals surface area contributed by atoms with Gasteiger partial charge in [0.1, 0.15) is 11.2 Å². The Labute approximate surface area is 299 Å². The fourth-order valence-corrected chi connectivity index (χ4v) is 8.00. The third-order valence-corrected chi connectivity index (χ3v) is 10.2. The molecule has 0 atom stereocenters. The molecular weight excluding hydrogens is 631 g/mol. The maximum Gasteiger partial charge on any atom is 0.164 e. The van der Waals surface area contributed by atoms with Crippen LogP contribution in [0.25, 0.3) is 98.5 Å². The summed E-state index contributed by atoms with van der Waals surface area (Å²) in [6, 6.07) is 42.4. The van der Waals surface area contributed by atoms with Crippen molar-refractivity contribution in [3.8, 4) is 56.4 Å². The first-order chi connectivity index (χ1) is 26.9. The molecule has 3 aromatic heterocycles. The number of hydrogen-bond donors (Lipinski definition) is 0. The first-order valence-electron chi connectivity index (χ1n) is 18.7. The van der Waals surface area contributed by atoms with Crippen LogP contribution in [0.4, 0.5) is 0 Å². The van der Waals surface area contributed by atoms with E-state index in [-0.39, 0.29) is 17.6 Å². The molecule has 0 N–H and O–H groups in total. The summed E-state index contributed by atoms with van der Waals surface area (Å²) in [6.45, 7) is 0. The molecule has 4 nitrogen and oxygen atoms in total. The summed E-state index contributed by atoms with van der Waals surface area (Å²) in [5.41, 5.74) is 6.40. The Kier molecular flexibility index (Phi) is 5.54. The molecule has 0 aliphatic heterocycles. The highest BCUT2D eigenvalue weighted by Gasteiger charge is 2.19. The smallest absolute Gasteiger partial charge is 0.164 e. The largest absolute Gasteiger partial charge is 0.455 e. The highest BCUT2D eigenvalue weighted by atomic mass is 32.1. The van der Waals surface area contributed by atoms with Crippen molar-refractivity contribution in [2.24, 2.45) is 0 Å². The highest BCUT2D eigenvalue weighted by Crippen LogP contribution is 2.44. The second-order valence-corrected chi connectivity index (χ2v) is 13.0. The molecule has 0 spiro atoms. The van der Waals surface area contributed by atoms with E-state index >= 15 is 0 Å². The van der Waals surface area contributed by atoms with Crippen LogP contribution in [0, 0.1) is 0 Å². The van der Waals surface area contributed by atoms with Crippen molar-refractivity contribution in [2.45, 2.75) is 0 Å². The monoisotopic (exact) mass is 662 g/mol. The SMILES string of the molecule is [2H]c1c([2H])c([2H])c(-c2cccc3c2oc2ccc(-c4nc(-c5ccccc5)nc(-c5cccc6sc7c(-c8ccccc8)cccc7c56)n4)cc23)c([2H])c1[2H]. The number of benzene rings is 7. The van der Waals surface area contributed by atoms with Crippen LogP contribution in [0.2, 0.25) is 0 Å². The third kappa shape index (κ3) is 4.71. The second-order valence-electron chi connectivity index (χ2n) is 12.0. The average Bonchev–Trinajstić information content (AvgIpc) is 3.81. The van der Waals surface area contributed by atoms with Crippen molar-refractivity contribution < 1.29 is 11.3 Å². The van der Waals surface area contributed by atoms with Crippen LogP contribution in [0.1, 0.15) is 6.85 Å². The number of aromatic nitrogens is 3. The number of thiophene rings is 1. The zero-order valence-electron chi connectivity index (χ0n) is 31.4. The Morgan fingerprint density at radius 1 is 0.480 bits per heavy atom. The van der Waals surface area contributed by atoms with Crippen molar-refractivity contribution in [1.82, 2.24) is 15.0 Å². The number of hydrogen-bond acceptors (Lipinski definition) is 5. The third-order valence-electron chi connectivity index (χ3n) is 9.04. The molecule has 10 aromatic rings. The molecule has 10 rings (SSSR count). The number of para-hydroxylation sites is 1. The van der Waals surface area contributed by atoms with E-state index in [2.05, 4.69) is 60.7 Å². The Morgan fingerprint density at radius 2 is 1.14 bits per heavy atom. The average molecular weight is 663 g/mol. The summed E-state index contributed by atoms with van der Waals surface area (Å²) in [4.78, 5) is 15.2. The van der Waals surface area contributed by atoms with Gasteiger partial charge in [-0.05, 0) is 41.0 Å². The molecule has 0 aliphatic carbocycles. The minimum absolute atomic E-state index is 0.0940. The van der Waals surface area contributed by atoms with E-state index in [1.807, 2.05) is 66.7 Å². The Hall–Kier alpha value is -6.43. The first-order valence-corrected chi connectivity index (χ1v) is 17.0. The fraction of sp³-hybridized carbons (Fsp3) is 0. The van der Waals surface area contributed by atoms with Gasteiger partial charge >= 0.3 is 0 Å². The summed E-state index contributed by atoms with van der Waals surface area (Å²) >= 11 is 1.76. The number of furan rings is 1. The van der Waals surface area contributed by atoms with Gasteiger partial charge in [-0.3, -0.25) is 0 Å². The van der Waals surface area contributed by atoms with Gasteiger partial charge in [0.15, 0.2) is 17.5 Å². The van der Waals surface area contributed by atoms with E-state index < -0.39 is 18.1 Å². The van der Waals surface area contributed by atoms with E-state index in [1.54, 1.807) is 17.4 Å². The molecule has 0 fully saturated rings. The molecular formula is C45H27N3OS. The molecule has 50 heavy (non-hydrogen) atoms. The van der Waals surface area contributed by atoms with E-state index in [1.165, 1.54) is 10.3 Å². The zero-order chi connectivity index (χ0) is 37.4. The van der Waals surface area contributed by atoms with Crippen LogP contribution in [-0.2, 0) is 0 Å². The maximum absolute atomic E-state index is 8.61. The van der Waals surface area contributed by atoms with E-state index in [0.29, 0.717) is 34.2 Å². The van der Waals surface area contributed by atoms with Gasteiger partial charge in [0.2, 0.25) is 0 Å². The predicted octanol–water partition coefficient (Wildman–Crippen LogP) is 12.5. The van der Waals surface area contributed by atoms with Crippen LogP contribution >= 0.6 is 11.3 Å². The summed E-state index contributed by atoms with van der Waals surface area (Å²) in [6.07, 6.45) is 0. The lowest BCUT2D eigenvalue weighted by molar-refractivity contribution is 0.670. The van der Waals surface area contributed by atoms with E-state index in [0.717, 1.165) is 48.5 Å². The quantitative estimate of drug-likeness (QED) is 0.184. The van der Waals surface area contributed by atoms with Crippen molar-refractivity contribution >= 4 is 53.4 Å². The first kappa shape index (κ1) is 23.8. The Balaban J connectivity index is 1.18. The molecule has 0 saturated heterocycles. The van der Waals surface area contributed by atoms with Gasteiger partial charge in [0, 0.05) is 53.2 Å². The topological polar surface area (TPSA) is 51.8 Å². The maximum atomic E-state index is 8.61. The normalized spacial score (nSPS) is 13.0. The van der Waals surface area contributed by atoms with Gasteiger partial charge in [0.05, 0.1) is 6.85 Å². The highest BCUT2D eigenvalue weighted by molar-refractivity contribution is 7.26.